The molecule has 4 nitrogen and oxygen atoms in total. The van der Waals surface area contributed by atoms with E-state index in [1.165, 1.54) is 5.56 Å². The van der Waals surface area contributed by atoms with E-state index >= 15 is 0 Å². The van der Waals surface area contributed by atoms with Crippen LogP contribution in [0.3, 0.4) is 0 Å². The van der Waals surface area contributed by atoms with Crippen LogP contribution in [0.5, 0.6) is 5.75 Å². The van der Waals surface area contributed by atoms with Crippen molar-refractivity contribution >= 4 is 17.3 Å². The molecule has 2 unspecified atom stereocenters. The van der Waals surface area contributed by atoms with Gasteiger partial charge in [0.1, 0.15) is 11.9 Å². The lowest BCUT2D eigenvalue weighted by atomic mass is 9.87. The first-order valence-corrected chi connectivity index (χ1v) is 7.15. The maximum atomic E-state index is 5.93. The van der Waals surface area contributed by atoms with E-state index in [2.05, 4.69) is 43.1 Å². The second kappa shape index (κ2) is 5.48. The summed E-state index contributed by atoms with van der Waals surface area (Å²) in [5.41, 5.74) is 1.44. The number of thiocarbonyl (C=S) groups is 1. The highest BCUT2D eigenvalue weighted by molar-refractivity contribution is 7.80. The fraction of sp³-hybridized carbons (Fsp3) is 0.533. The van der Waals surface area contributed by atoms with Crippen LogP contribution in [-0.2, 0) is 5.41 Å². The molecule has 0 amide bonds. The van der Waals surface area contributed by atoms with Crippen molar-refractivity contribution in [3.8, 4) is 5.75 Å². The maximum absolute atomic E-state index is 5.93. The van der Waals surface area contributed by atoms with E-state index in [0.717, 1.165) is 5.75 Å². The first-order valence-electron chi connectivity index (χ1n) is 6.74. The molecule has 2 rings (SSSR count). The Balaban J connectivity index is 2.04. The van der Waals surface area contributed by atoms with Crippen LogP contribution in [0.4, 0.5) is 0 Å². The van der Waals surface area contributed by atoms with Crippen molar-refractivity contribution in [2.75, 3.05) is 7.05 Å². The molecule has 0 bridgehead atoms. The largest absolute Gasteiger partial charge is 0.486 e. The van der Waals surface area contributed by atoms with E-state index in [1.54, 1.807) is 0 Å². The lowest BCUT2D eigenvalue weighted by Crippen LogP contribution is -2.39. The van der Waals surface area contributed by atoms with Gasteiger partial charge in [-0.05, 0) is 42.3 Å². The smallest absolute Gasteiger partial charge is 0.217 e. The van der Waals surface area contributed by atoms with Crippen LogP contribution in [0.2, 0.25) is 0 Å². The molecule has 0 saturated carbocycles. The number of benzene rings is 1. The van der Waals surface area contributed by atoms with Crippen molar-refractivity contribution in [2.45, 2.75) is 45.4 Å². The molecule has 108 valence electrons. The molecule has 0 fully saturated rings. The van der Waals surface area contributed by atoms with Gasteiger partial charge in [0.25, 0.3) is 0 Å². The highest BCUT2D eigenvalue weighted by Crippen LogP contribution is 2.25. The first kappa shape index (κ1) is 14.9. The van der Waals surface area contributed by atoms with Gasteiger partial charge in [-0.25, -0.2) is 0 Å². The van der Waals surface area contributed by atoms with E-state index < -0.39 is 0 Å². The predicted octanol–water partition coefficient (Wildman–Crippen LogP) is 3.76. The standard InChI is InChI=1S/C15H21N3OS/c1-10(13-16-17-14(20)18(13)5)19-12-8-6-11(7-9-12)15(2,3)4/h6-10,13H,1-5H3. The van der Waals surface area contributed by atoms with Gasteiger partial charge in [0, 0.05) is 7.05 Å². The summed E-state index contributed by atoms with van der Waals surface area (Å²) in [5.74, 6) is 0.840. The summed E-state index contributed by atoms with van der Waals surface area (Å²) in [7, 11) is 1.88. The molecule has 0 N–H and O–H groups in total. The van der Waals surface area contributed by atoms with Gasteiger partial charge in [-0.1, -0.05) is 32.9 Å². The highest BCUT2D eigenvalue weighted by atomic mass is 32.1. The predicted molar refractivity (Wildman–Crippen MR) is 84.2 cm³/mol. The molecule has 1 aromatic carbocycles. The topological polar surface area (TPSA) is 37.2 Å². The van der Waals surface area contributed by atoms with Crippen LogP contribution >= 0.6 is 12.2 Å². The third-order valence-electron chi connectivity index (χ3n) is 3.42. The zero-order chi connectivity index (χ0) is 14.9. The number of hydrogen-bond donors (Lipinski definition) is 0. The van der Waals surface area contributed by atoms with Crippen molar-refractivity contribution in [3.05, 3.63) is 29.8 Å². The van der Waals surface area contributed by atoms with Gasteiger partial charge < -0.3 is 9.64 Å². The quantitative estimate of drug-likeness (QED) is 0.796. The second-order valence-electron chi connectivity index (χ2n) is 6.12. The number of rotatable bonds is 3. The van der Waals surface area contributed by atoms with Crippen LogP contribution < -0.4 is 4.74 Å². The number of hydrogen-bond acceptors (Lipinski definition) is 3. The SMILES string of the molecule is CC(Oc1ccc(C(C)(C)C)cc1)C1N=NC(=S)N1C. The van der Waals surface area contributed by atoms with Gasteiger partial charge in [-0.2, -0.15) is 5.11 Å². The fourth-order valence-electron chi connectivity index (χ4n) is 2.09. The third-order valence-corrected chi connectivity index (χ3v) is 3.79. The lowest BCUT2D eigenvalue weighted by molar-refractivity contribution is 0.142. The average molecular weight is 291 g/mol. The Morgan fingerprint density at radius 3 is 2.30 bits per heavy atom. The van der Waals surface area contributed by atoms with Crippen LogP contribution in [0, 0.1) is 0 Å². The molecule has 5 heteroatoms. The van der Waals surface area contributed by atoms with Gasteiger partial charge in [-0.3, -0.25) is 0 Å². The summed E-state index contributed by atoms with van der Waals surface area (Å²) < 4.78 is 5.93. The number of likely N-dealkylation sites (N-methyl/N-ethyl adjacent to an activating group) is 1. The number of ether oxygens (including phenoxy) is 1. The van der Waals surface area contributed by atoms with E-state index in [4.69, 9.17) is 17.0 Å². The average Bonchev–Trinajstić information content (AvgIpc) is 2.69. The van der Waals surface area contributed by atoms with Gasteiger partial charge in [0.15, 0.2) is 6.17 Å². The molecule has 1 aliphatic rings. The van der Waals surface area contributed by atoms with E-state index in [9.17, 15) is 0 Å². The molecule has 0 spiro atoms. The van der Waals surface area contributed by atoms with Crippen molar-refractivity contribution < 1.29 is 4.74 Å². The van der Waals surface area contributed by atoms with Gasteiger partial charge in [-0.15, -0.1) is 5.11 Å². The van der Waals surface area contributed by atoms with Crippen LogP contribution in [0.15, 0.2) is 34.5 Å². The minimum atomic E-state index is -0.148. The Bertz CT molecular complexity index is 519. The zero-order valence-electron chi connectivity index (χ0n) is 12.6. The van der Waals surface area contributed by atoms with E-state index in [0.29, 0.717) is 5.11 Å². The Hall–Kier alpha value is -1.49. The molecule has 1 aromatic rings. The van der Waals surface area contributed by atoms with Crippen LogP contribution in [0.25, 0.3) is 0 Å². The molecule has 1 aliphatic heterocycles. The van der Waals surface area contributed by atoms with Gasteiger partial charge in [0.05, 0.1) is 0 Å². The van der Waals surface area contributed by atoms with Gasteiger partial charge in [0.2, 0.25) is 5.11 Å². The normalized spacial score (nSPS) is 20.4. The Kier molecular flexibility index (Phi) is 4.09. The third kappa shape index (κ3) is 3.15. The summed E-state index contributed by atoms with van der Waals surface area (Å²) >= 11 is 5.07. The molecule has 2 atom stereocenters. The molecule has 1 heterocycles. The molecule has 0 aliphatic carbocycles. The van der Waals surface area contributed by atoms with Crippen LogP contribution in [0.1, 0.15) is 33.3 Å². The summed E-state index contributed by atoms with van der Waals surface area (Å²) in [5, 5.41) is 8.55. The summed E-state index contributed by atoms with van der Waals surface area (Å²) in [6, 6.07) is 8.21. The van der Waals surface area contributed by atoms with Crippen molar-refractivity contribution in [1.82, 2.24) is 4.90 Å². The van der Waals surface area contributed by atoms with E-state index in [1.807, 2.05) is 31.0 Å². The Labute approximate surface area is 125 Å². The Morgan fingerprint density at radius 2 is 1.85 bits per heavy atom. The summed E-state index contributed by atoms with van der Waals surface area (Å²) in [4.78, 5) is 1.85. The summed E-state index contributed by atoms with van der Waals surface area (Å²) in [6.45, 7) is 8.56. The molecule has 0 saturated heterocycles. The molecular weight excluding hydrogens is 270 g/mol. The molecular formula is C15H21N3OS. The second-order valence-corrected chi connectivity index (χ2v) is 6.49. The number of nitrogens with zero attached hydrogens (tertiary/aromatic N) is 3. The lowest BCUT2D eigenvalue weighted by Gasteiger charge is -2.25. The first-order chi connectivity index (χ1) is 9.29. The van der Waals surface area contributed by atoms with Crippen molar-refractivity contribution in [1.29, 1.82) is 0 Å². The van der Waals surface area contributed by atoms with Crippen molar-refractivity contribution in [2.24, 2.45) is 10.2 Å². The van der Waals surface area contributed by atoms with Crippen LogP contribution in [-0.4, -0.2) is 29.3 Å². The highest BCUT2D eigenvalue weighted by Gasteiger charge is 2.29. The van der Waals surface area contributed by atoms with E-state index in [-0.39, 0.29) is 17.7 Å². The maximum Gasteiger partial charge on any atom is 0.217 e. The molecule has 0 radical (unpaired) electrons. The minimum Gasteiger partial charge on any atom is -0.486 e. The molecule has 0 aromatic heterocycles. The molecule has 20 heavy (non-hydrogen) atoms. The Morgan fingerprint density at radius 1 is 1.25 bits per heavy atom. The fourth-order valence-corrected chi connectivity index (χ4v) is 2.24. The zero-order valence-corrected chi connectivity index (χ0v) is 13.4. The van der Waals surface area contributed by atoms with Gasteiger partial charge >= 0.3 is 0 Å². The monoisotopic (exact) mass is 291 g/mol. The number of azo groups is 1. The summed E-state index contributed by atoms with van der Waals surface area (Å²) in [6.07, 6.45) is -0.255. The minimum absolute atomic E-state index is 0.107. The van der Waals surface area contributed by atoms with Crippen molar-refractivity contribution in [3.63, 3.8) is 0 Å².